The van der Waals surface area contributed by atoms with Crippen LogP contribution in [-0.4, -0.2) is 64.8 Å². The molecule has 0 spiro atoms. The van der Waals surface area contributed by atoms with Crippen molar-refractivity contribution in [1.29, 1.82) is 5.26 Å². The van der Waals surface area contributed by atoms with Crippen LogP contribution in [0.25, 0.3) is 22.6 Å². The van der Waals surface area contributed by atoms with Gasteiger partial charge in [0.2, 0.25) is 0 Å². The number of aliphatic hydroxyl groups excluding tert-OH is 1. The van der Waals surface area contributed by atoms with E-state index in [4.69, 9.17) is 20.0 Å². The third-order valence-corrected chi connectivity index (χ3v) is 5.12. The summed E-state index contributed by atoms with van der Waals surface area (Å²) in [6.45, 7) is 6.33. The van der Waals surface area contributed by atoms with Crippen LogP contribution in [-0.2, 0) is 6.54 Å². The fraction of sp³-hybridized carbons (Fsp3) is 0.440. The summed E-state index contributed by atoms with van der Waals surface area (Å²) in [6.07, 6.45) is 3.61. The van der Waals surface area contributed by atoms with Gasteiger partial charge in [-0.15, -0.1) is 0 Å². The Morgan fingerprint density at radius 1 is 1.24 bits per heavy atom. The van der Waals surface area contributed by atoms with Crippen LogP contribution in [0.3, 0.4) is 0 Å². The van der Waals surface area contributed by atoms with Gasteiger partial charge in [0, 0.05) is 50.1 Å². The Morgan fingerprint density at radius 2 is 2.06 bits per heavy atom. The topological polar surface area (TPSA) is 112 Å². The lowest BCUT2D eigenvalue weighted by atomic mass is 10.1. The molecule has 1 aromatic carbocycles. The number of anilines is 1. The molecule has 34 heavy (non-hydrogen) atoms. The highest BCUT2D eigenvalue weighted by Crippen LogP contribution is 2.28. The van der Waals surface area contributed by atoms with Crippen LogP contribution in [0.4, 0.5) is 5.82 Å². The van der Waals surface area contributed by atoms with Crippen molar-refractivity contribution in [2.45, 2.75) is 32.9 Å². The number of aliphatic hydroxyl groups is 1. The van der Waals surface area contributed by atoms with E-state index in [1.807, 2.05) is 59.4 Å². The molecule has 0 amide bonds. The zero-order valence-electron chi connectivity index (χ0n) is 20.3. The Hall–Kier alpha value is -3.48. The van der Waals surface area contributed by atoms with Crippen molar-refractivity contribution >= 4 is 5.82 Å². The first kappa shape index (κ1) is 25.1. The maximum Gasteiger partial charge on any atom is 0.162 e. The Balaban J connectivity index is 1.95. The van der Waals surface area contributed by atoms with E-state index in [9.17, 15) is 5.11 Å². The summed E-state index contributed by atoms with van der Waals surface area (Å²) in [5, 5.41) is 26.3. The number of hydrogen-bond donors (Lipinski definition) is 2. The minimum Gasteiger partial charge on any atom is -0.491 e. The first-order valence-corrected chi connectivity index (χ1v) is 11.5. The second-order valence-electron chi connectivity index (χ2n) is 8.66. The second kappa shape index (κ2) is 12.1. The van der Waals surface area contributed by atoms with Crippen molar-refractivity contribution in [3.63, 3.8) is 0 Å². The number of nitriles is 1. The third-order valence-electron chi connectivity index (χ3n) is 5.12. The third kappa shape index (κ3) is 7.01. The van der Waals surface area contributed by atoms with Crippen LogP contribution in [0.2, 0.25) is 0 Å². The lowest BCUT2D eigenvalue weighted by Gasteiger charge is -2.18. The molecule has 2 aromatic heterocycles. The maximum absolute atomic E-state index is 9.94. The molecule has 0 saturated carbocycles. The van der Waals surface area contributed by atoms with Gasteiger partial charge in [-0.2, -0.15) is 10.4 Å². The van der Waals surface area contributed by atoms with Gasteiger partial charge in [-0.1, -0.05) is 26.0 Å². The van der Waals surface area contributed by atoms with Crippen LogP contribution in [0.15, 0.2) is 42.7 Å². The minimum absolute atomic E-state index is 0.183. The Kier molecular flexibility index (Phi) is 8.96. The number of ether oxygens (including phenoxy) is 1. The van der Waals surface area contributed by atoms with Crippen LogP contribution in [0.5, 0.6) is 5.75 Å². The zero-order chi connectivity index (χ0) is 24.5. The van der Waals surface area contributed by atoms with Crippen molar-refractivity contribution in [2.24, 2.45) is 5.92 Å². The van der Waals surface area contributed by atoms with E-state index in [2.05, 4.69) is 30.3 Å². The van der Waals surface area contributed by atoms with Crippen molar-refractivity contribution in [3.05, 3.63) is 42.7 Å². The molecule has 9 heteroatoms. The number of nitrogens with zero attached hydrogens (tertiary/aromatic N) is 6. The molecule has 180 valence electrons. The SMILES string of the molecule is CNCC(O)COc1cccc(-c2nc(-c3cnn(CC(C)C)c3)cc(N(C)CCC#N)n2)c1. The van der Waals surface area contributed by atoms with Gasteiger partial charge in [0.05, 0.1) is 24.4 Å². The fourth-order valence-corrected chi connectivity index (χ4v) is 3.42. The summed E-state index contributed by atoms with van der Waals surface area (Å²) >= 11 is 0. The van der Waals surface area contributed by atoms with Crippen molar-refractivity contribution in [1.82, 2.24) is 25.1 Å². The first-order chi connectivity index (χ1) is 16.4. The number of hydrogen-bond acceptors (Lipinski definition) is 8. The number of likely N-dealkylation sites (N-methyl/N-ethyl adjacent to an activating group) is 1. The Bertz CT molecular complexity index is 1110. The minimum atomic E-state index is -0.601. The summed E-state index contributed by atoms with van der Waals surface area (Å²) in [4.78, 5) is 11.5. The Labute approximate surface area is 201 Å². The molecule has 3 rings (SSSR count). The van der Waals surface area contributed by atoms with E-state index < -0.39 is 6.10 Å². The van der Waals surface area contributed by atoms with Crippen molar-refractivity contribution in [3.8, 4) is 34.5 Å². The number of aromatic nitrogens is 4. The molecular formula is C25H33N7O2. The van der Waals surface area contributed by atoms with Gasteiger partial charge < -0.3 is 20.1 Å². The van der Waals surface area contributed by atoms with Gasteiger partial charge in [0.15, 0.2) is 5.82 Å². The standard InChI is InChI=1S/C25H33N7O2/c1-18(2)15-32-16-20(13-28-32)23-12-24(31(4)10-6-9-26)30-25(29-23)19-7-5-8-22(11-19)34-17-21(33)14-27-3/h5,7-8,11-13,16,18,21,27,33H,6,10,14-15,17H2,1-4H3. The average Bonchev–Trinajstić information content (AvgIpc) is 3.29. The molecule has 1 atom stereocenters. The van der Waals surface area contributed by atoms with E-state index >= 15 is 0 Å². The summed E-state index contributed by atoms with van der Waals surface area (Å²) < 4.78 is 7.69. The largest absolute Gasteiger partial charge is 0.491 e. The highest BCUT2D eigenvalue weighted by Gasteiger charge is 2.14. The summed E-state index contributed by atoms with van der Waals surface area (Å²) in [7, 11) is 3.70. The highest BCUT2D eigenvalue weighted by atomic mass is 16.5. The first-order valence-electron chi connectivity index (χ1n) is 11.5. The monoisotopic (exact) mass is 463 g/mol. The lowest BCUT2D eigenvalue weighted by molar-refractivity contribution is 0.108. The van der Waals surface area contributed by atoms with Gasteiger partial charge >= 0.3 is 0 Å². The van der Waals surface area contributed by atoms with E-state index in [0.717, 1.165) is 29.2 Å². The van der Waals surface area contributed by atoms with E-state index in [-0.39, 0.29) is 6.61 Å². The van der Waals surface area contributed by atoms with Gasteiger partial charge in [-0.05, 0) is 25.1 Å². The van der Waals surface area contributed by atoms with Crippen molar-refractivity contribution < 1.29 is 9.84 Å². The molecule has 9 nitrogen and oxygen atoms in total. The lowest BCUT2D eigenvalue weighted by Crippen LogP contribution is -2.29. The molecule has 0 fully saturated rings. The molecule has 2 N–H and O–H groups in total. The molecule has 0 saturated heterocycles. The molecule has 1 unspecified atom stereocenters. The molecule has 2 heterocycles. The number of benzene rings is 1. The fourth-order valence-electron chi connectivity index (χ4n) is 3.42. The van der Waals surface area contributed by atoms with E-state index in [0.29, 0.717) is 37.0 Å². The predicted molar refractivity (Wildman–Crippen MR) is 132 cm³/mol. The van der Waals surface area contributed by atoms with Gasteiger partial charge in [-0.3, -0.25) is 4.68 Å². The Morgan fingerprint density at radius 3 is 2.79 bits per heavy atom. The molecule has 0 aliphatic rings. The molecule has 0 aliphatic carbocycles. The summed E-state index contributed by atoms with van der Waals surface area (Å²) in [6, 6.07) is 11.6. The normalized spacial score (nSPS) is 11.9. The average molecular weight is 464 g/mol. The van der Waals surface area contributed by atoms with Crippen LogP contribution in [0.1, 0.15) is 20.3 Å². The smallest absolute Gasteiger partial charge is 0.162 e. The quantitative estimate of drug-likeness (QED) is 0.422. The van der Waals surface area contributed by atoms with Gasteiger partial charge in [0.1, 0.15) is 24.3 Å². The van der Waals surface area contributed by atoms with Gasteiger partial charge in [0.25, 0.3) is 0 Å². The molecule has 0 bridgehead atoms. The van der Waals surface area contributed by atoms with Crippen LogP contribution < -0.4 is 15.0 Å². The maximum atomic E-state index is 9.94. The molecule has 3 aromatic rings. The van der Waals surface area contributed by atoms with E-state index in [1.54, 1.807) is 7.05 Å². The zero-order valence-corrected chi connectivity index (χ0v) is 20.3. The molecular weight excluding hydrogens is 430 g/mol. The van der Waals surface area contributed by atoms with Crippen LogP contribution in [0, 0.1) is 17.2 Å². The molecule has 0 aliphatic heterocycles. The van der Waals surface area contributed by atoms with E-state index in [1.165, 1.54) is 0 Å². The van der Waals surface area contributed by atoms with Crippen molar-refractivity contribution in [2.75, 3.05) is 38.7 Å². The van der Waals surface area contributed by atoms with Gasteiger partial charge in [-0.25, -0.2) is 9.97 Å². The number of nitrogens with one attached hydrogen (secondary N) is 1. The predicted octanol–water partition coefficient (Wildman–Crippen LogP) is 2.97. The van der Waals surface area contributed by atoms with Crippen LogP contribution >= 0.6 is 0 Å². The summed E-state index contributed by atoms with van der Waals surface area (Å²) in [5.74, 6) is 2.39. The molecule has 0 radical (unpaired) electrons. The number of rotatable bonds is 12. The summed E-state index contributed by atoms with van der Waals surface area (Å²) in [5.41, 5.74) is 2.46. The second-order valence-corrected chi connectivity index (χ2v) is 8.66. The highest BCUT2D eigenvalue weighted by molar-refractivity contribution is 5.67.